The lowest BCUT2D eigenvalue weighted by atomic mass is 9.82. The molecule has 0 aliphatic heterocycles. The van der Waals surface area contributed by atoms with Crippen molar-refractivity contribution in [3.63, 3.8) is 0 Å². The van der Waals surface area contributed by atoms with Crippen molar-refractivity contribution in [2.45, 2.75) is 6.42 Å². The fourth-order valence-corrected chi connectivity index (χ4v) is 4.86. The number of para-hydroxylation sites is 1. The molecule has 0 saturated heterocycles. The summed E-state index contributed by atoms with van der Waals surface area (Å²) in [6.07, 6.45) is 6.29. The lowest BCUT2D eigenvalue weighted by Gasteiger charge is -2.28. The summed E-state index contributed by atoms with van der Waals surface area (Å²) in [7, 11) is 0. The van der Waals surface area contributed by atoms with Gasteiger partial charge in [-0.15, -0.1) is 0 Å². The normalized spacial score (nSPS) is 24.7. The number of anilines is 1. The van der Waals surface area contributed by atoms with E-state index in [1.165, 1.54) is 0 Å². The van der Waals surface area contributed by atoms with Crippen LogP contribution in [0.4, 0.5) is 5.69 Å². The number of carboxylic acids is 1. The number of carboxylic acid groups (broad SMARTS) is 1. The van der Waals surface area contributed by atoms with Crippen molar-refractivity contribution >= 4 is 28.5 Å². The van der Waals surface area contributed by atoms with Crippen molar-refractivity contribution in [2.75, 3.05) is 5.32 Å². The molecule has 1 fully saturated rings. The Morgan fingerprint density at radius 3 is 2.45 bits per heavy atom. The number of carbonyl (C=O) groups is 2. The second kappa shape index (κ2) is 6.85. The maximum absolute atomic E-state index is 13.1. The number of allylic oxidation sites excluding steroid dienone is 2. The molecule has 3 aromatic rings. The first-order valence-corrected chi connectivity index (χ1v) is 9.76. The zero-order chi connectivity index (χ0) is 20.0. The largest absolute Gasteiger partial charge is 0.550 e. The Labute approximate surface area is 168 Å². The second-order valence-electron chi connectivity index (χ2n) is 7.73. The standard InChI is InChI=1S/C24H20N2O3/c27-23(20-15-9-10-16(13-15)21(20)24(28)29)26-19-8-4-7-18-17(11-12-25-22(18)19)14-5-2-1-3-6-14/h1-12,15-16,20-21H,13H2,(H,26,27)(H,28,29)/p-1/t15-,16+,20+,21-/m1/s1. The SMILES string of the molecule is O=C(Nc1cccc2c(-c3ccccc3)ccnc12)[C@@H]1[C@H](C(=O)[O-])[C@H]2C=C[C@@H]1C2. The molecule has 1 amide bonds. The number of hydrogen-bond acceptors (Lipinski definition) is 4. The third kappa shape index (κ3) is 2.90. The van der Waals surface area contributed by atoms with Crippen LogP contribution in [0.25, 0.3) is 22.0 Å². The van der Waals surface area contributed by atoms with Gasteiger partial charge in [-0.25, -0.2) is 0 Å². The summed E-state index contributed by atoms with van der Waals surface area (Å²) < 4.78 is 0. The van der Waals surface area contributed by atoms with E-state index in [2.05, 4.69) is 10.3 Å². The summed E-state index contributed by atoms with van der Waals surface area (Å²) in [6, 6.07) is 17.6. The van der Waals surface area contributed by atoms with E-state index in [1.807, 2.05) is 60.7 Å². The van der Waals surface area contributed by atoms with Gasteiger partial charge >= 0.3 is 0 Å². The Hall–Kier alpha value is -3.47. The molecule has 1 saturated carbocycles. The Balaban J connectivity index is 1.51. The van der Waals surface area contributed by atoms with E-state index in [4.69, 9.17) is 0 Å². The van der Waals surface area contributed by atoms with E-state index in [0.717, 1.165) is 16.5 Å². The Kier molecular flexibility index (Phi) is 4.16. The Bertz CT molecular complexity index is 1140. The van der Waals surface area contributed by atoms with Gasteiger partial charge in [-0.05, 0) is 41.5 Å². The van der Waals surface area contributed by atoms with Crippen LogP contribution in [0.1, 0.15) is 6.42 Å². The number of amides is 1. The van der Waals surface area contributed by atoms with Gasteiger partial charge in [0.15, 0.2) is 0 Å². The molecule has 1 heterocycles. The topological polar surface area (TPSA) is 82.1 Å². The van der Waals surface area contributed by atoms with Crippen LogP contribution in [0, 0.1) is 23.7 Å². The number of nitrogens with zero attached hydrogens (tertiary/aromatic N) is 1. The van der Waals surface area contributed by atoms with Crippen LogP contribution in [-0.4, -0.2) is 16.9 Å². The molecule has 5 heteroatoms. The molecule has 144 valence electrons. The molecule has 29 heavy (non-hydrogen) atoms. The number of nitrogens with one attached hydrogen (secondary N) is 1. The van der Waals surface area contributed by atoms with Crippen LogP contribution in [0.15, 0.2) is 72.9 Å². The lowest BCUT2D eigenvalue weighted by Crippen LogP contribution is -2.42. The van der Waals surface area contributed by atoms with E-state index < -0.39 is 17.8 Å². The Morgan fingerprint density at radius 2 is 1.69 bits per heavy atom. The zero-order valence-corrected chi connectivity index (χ0v) is 15.6. The molecule has 2 bridgehead atoms. The highest BCUT2D eigenvalue weighted by atomic mass is 16.4. The quantitative estimate of drug-likeness (QED) is 0.702. The van der Waals surface area contributed by atoms with Gasteiger partial charge in [0.2, 0.25) is 5.91 Å². The first-order chi connectivity index (χ1) is 14.1. The number of pyridine rings is 1. The molecule has 4 atom stereocenters. The summed E-state index contributed by atoms with van der Waals surface area (Å²) in [5.41, 5.74) is 3.38. The molecule has 1 N–H and O–H groups in total. The molecule has 2 aliphatic rings. The van der Waals surface area contributed by atoms with Crippen molar-refractivity contribution in [3.8, 4) is 11.1 Å². The maximum Gasteiger partial charge on any atom is 0.228 e. The summed E-state index contributed by atoms with van der Waals surface area (Å²) >= 11 is 0. The number of carbonyl (C=O) groups excluding carboxylic acids is 2. The van der Waals surface area contributed by atoms with Crippen LogP contribution in [0.2, 0.25) is 0 Å². The fourth-order valence-electron chi connectivity index (χ4n) is 4.86. The molecule has 2 aromatic carbocycles. The van der Waals surface area contributed by atoms with Crippen LogP contribution < -0.4 is 10.4 Å². The molecule has 5 rings (SSSR count). The fraction of sp³-hybridized carbons (Fsp3) is 0.208. The highest BCUT2D eigenvalue weighted by Crippen LogP contribution is 2.48. The van der Waals surface area contributed by atoms with Gasteiger partial charge in [0.25, 0.3) is 0 Å². The molecular weight excluding hydrogens is 364 g/mol. The minimum Gasteiger partial charge on any atom is -0.550 e. The third-order valence-corrected chi connectivity index (χ3v) is 6.15. The number of hydrogen-bond donors (Lipinski definition) is 1. The highest BCUT2D eigenvalue weighted by molar-refractivity contribution is 6.06. The number of fused-ring (bicyclic) bond motifs is 3. The average Bonchev–Trinajstić information content (AvgIpc) is 3.36. The number of aromatic nitrogens is 1. The summed E-state index contributed by atoms with van der Waals surface area (Å²) in [4.78, 5) is 29.2. The number of benzene rings is 2. The van der Waals surface area contributed by atoms with Crippen molar-refractivity contribution in [3.05, 3.63) is 72.9 Å². The predicted molar refractivity (Wildman–Crippen MR) is 109 cm³/mol. The average molecular weight is 383 g/mol. The lowest BCUT2D eigenvalue weighted by molar-refractivity contribution is -0.313. The summed E-state index contributed by atoms with van der Waals surface area (Å²) in [6.45, 7) is 0. The van der Waals surface area contributed by atoms with Gasteiger partial charge in [-0.2, -0.15) is 0 Å². The molecular formula is C24H19N2O3-. The first-order valence-electron chi connectivity index (χ1n) is 9.76. The van der Waals surface area contributed by atoms with Crippen molar-refractivity contribution in [1.29, 1.82) is 0 Å². The smallest absolute Gasteiger partial charge is 0.228 e. The van der Waals surface area contributed by atoms with E-state index in [-0.39, 0.29) is 17.7 Å². The molecule has 0 spiro atoms. The van der Waals surface area contributed by atoms with E-state index in [0.29, 0.717) is 17.6 Å². The van der Waals surface area contributed by atoms with E-state index in [9.17, 15) is 14.7 Å². The van der Waals surface area contributed by atoms with E-state index >= 15 is 0 Å². The Morgan fingerprint density at radius 1 is 0.931 bits per heavy atom. The van der Waals surface area contributed by atoms with Gasteiger partial charge in [0, 0.05) is 23.5 Å². The zero-order valence-electron chi connectivity index (χ0n) is 15.6. The van der Waals surface area contributed by atoms with Crippen molar-refractivity contribution in [1.82, 2.24) is 4.98 Å². The predicted octanol–water partition coefficient (Wildman–Crippen LogP) is 3.03. The molecule has 2 aliphatic carbocycles. The van der Waals surface area contributed by atoms with Crippen molar-refractivity contribution < 1.29 is 14.7 Å². The maximum atomic E-state index is 13.1. The minimum atomic E-state index is -1.15. The summed E-state index contributed by atoms with van der Waals surface area (Å²) in [5.74, 6) is -2.97. The first kappa shape index (κ1) is 17.6. The minimum absolute atomic E-state index is 0.0503. The van der Waals surface area contributed by atoms with Gasteiger partial charge in [0.05, 0.1) is 17.1 Å². The monoisotopic (exact) mass is 383 g/mol. The summed E-state index contributed by atoms with van der Waals surface area (Å²) in [5, 5.41) is 15.5. The van der Waals surface area contributed by atoms with Crippen molar-refractivity contribution in [2.24, 2.45) is 23.7 Å². The van der Waals surface area contributed by atoms with E-state index in [1.54, 1.807) is 12.3 Å². The molecule has 0 unspecified atom stereocenters. The van der Waals surface area contributed by atoms with Gasteiger partial charge in [-0.3, -0.25) is 9.78 Å². The number of rotatable bonds is 4. The van der Waals surface area contributed by atoms with Crippen LogP contribution in [0.3, 0.4) is 0 Å². The van der Waals surface area contributed by atoms with Gasteiger partial charge in [-0.1, -0.05) is 54.6 Å². The molecule has 1 aromatic heterocycles. The molecule has 5 nitrogen and oxygen atoms in total. The number of aliphatic carboxylic acids is 1. The van der Waals surface area contributed by atoms with Crippen LogP contribution in [0.5, 0.6) is 0 Å². The van der Waals surface area contributed by atoms with Crippen LogP contribution in [-0.2, 0) is 9.59 Å². The van der Waals surface area contributed by atoms with Gasteiger partial charge in [0.1, 0.15) is 0 Å². The second-order valence-corrected chi connectivity index (χ2v) is 7.73. The van der Waals surface area contributed by atoms with Crippen LogP contribution >= 0.6 is 0 Å². The van der Waals surface area contributed by atoms with Gasteiger partial charge < -0.3 is 15.2 Å². The third-order valence-electron chi connectivity index (χ3n) is 6.15. The highest BCUT2D eigenvalue weighted by Gasteiger charge is 2.48. The molecule has 0 radical (unpaired) electrons.